The van der Waals surface area contributed by atoms with E-state index in [1.165, 1.54) is 0 Å². The molecule has 1 saturated heterocycles. The Kier molecular flexibility index (Phi) is 12.8. The van der Waals surface area contributed by atoms with Crippen LogP contribution in [0.15, 0.2) is 4.99 Å². The molecule has 0 aliphatic carbocycles. The first kappa shape index (κ1) is 21.2. The molecule has 0 spiro atoms. The lowest BCUT2D eigenvalue weighted by Crippen LogP contribution is -2.39. The Hall–Kier alpha value is -0.850. The van der Waals surface area contributed by atoms with Crippen molar-refractivity contribution in [2.24, 2.45) is 16.8 Å². The van der Waals surface area contributed by atoms with Crippen molar-refractivity contribution in [3.63, 3.8) is 0 Å². The molecule has 6 heteroatoms. The van der Waals surface area contributed by atoms with Gasteiger partial charge in [-0.2, -0.15) is 0 Å². The molecule has 0 bridgehead atoms. The van der Waals surface area contributed by atoms with Gasteiger partial charge in [0.1, 0.15) is 0 Å². The quantitative estimate of drug-likeness (QED) is 0.304. The third-order valence-corrected chi connectivity index (χ3v) is 3.82. The van der Waals surface area contributed by atoms with Crippen LogP contribution >= 0.6 is 0 Å². The Morgan fingerprint density at radius 3 is 2.79 bits per heavy atom. The van der Waals surface area contributed by atoms with Crippen molar-refractivity contribution in [3.8, 4) is 0 Å². The maximum atomic E-state index is 5.69. The van der Waals surface area contributed by atoms with E-state index in [1.807, 2.05) is 0 Å². The van der Waals surface area contributed by atoms with Crippen LogP contribution in [0.25, 0.3) is 0 Å². The molecule has 0 aromatic heterocycles. The highest BCUT2D eigenvalue weighted by Crippen LogP contribution is 2.12. The summed E-state index contributed by atoms with van der Waals surface area (Å²) in [6.45, 7) is 13.8. The first-order valence-corrected chi connectivity index (χ1v) is 9.47. The normalized spacial score (nSPS) is 18.3. The topological polar surface area (TPSA) is 64.1 Å². The van der Waals surface area contributed by atoms with Crippen LogP contribution in [0.5, 0.6) is 0 Å². The maximum Gasteiger partial charge on any atom is 0.191 e. The van der Waals surface area contributed by atoms with Gasteiger partial charge in [0.2, 0.25) is 0 Å². The van der Waals surface area contributed by atoms with Gasteiger partial charge in [0.05, 0.1) is 19.8 Å². The molecular formula is C18H37N3O3. The summed E-state index contributed by atoms with van der Waals surface area (Å²) in [5.41, 5.74) is 0. The molecule has 1 fully saturated rings. The van der Waals surface area contributed by atoms with Gasteiger partial charge in [0, 0.05) is 45.4 Å². The van der Waals surface area contributed by atoms with Gasteiger partial charge < -0.3 is 24.8 Å². The summed E-state index contributed by atoms with van der Waals surface area (Å²) in [4.78, 5) is 4.56. The first-order valence-electron chi connectivity index (χ1n) is 9.47. The van der Waals surface area contributed by atoms with Gasteiger partial charge in [-0.3, -0.25) is 4.99 Å². The van der Waals surface area contributed by atoms with Gasteiger partial charge in [-0.05, 0) is 32.1 Å². The third kappa shape index (κ3) is 11.6. The number of hydrogen-bond donors (Lipinski definition) is 2. The van der Waals surface area contributed by atoms with Crippen LogP contribution in [0, 0.1) is 11.8 Å². The van der Waals surface area contributed by atoms with E-state index >= 15 is 0 Å². The fraction of sp³-hybridized carbons (Fsp3) is 0.944. The minimum absolute atomic E-state index is 0.586. The summed E-state index contributed by atoms with van der Waals surface area (Å²) >= 11 is 0. The fourth-order valence-corrected chi connectivity index (χ4v) is 2.33. The molecule has 1 unspecified atom stereocenters. The molecule has 0 aromatic rings. The molecule has 24 heavy (non-hydrogen) atoms. The number of nitrogens with one attached hydrogen (secondary N) is 2. The molecule has 2 N–H and O–H groups in total. The Balaban J connectivity index is 2.01. The number of ether oxygens (including phenoxy) is 3. The van der Waals surface area contributed by atoms with Gasteiger partial charge in [0.15, 0.2) is 5.96 Å². The van der Waals surface area contributed by atoms with E-state index < -0.39 is 0 Å². The average molecular weight is 344 g/mol. The number of nitrogens with zero attached hydrogens (tertiary/aromatic N) is 1. The SMILES string of the molecule is CCNC(=NCCCOCC1CCOC1)NCCOCCC(C)C. The molecule has 0 radical (unpaired) electrons. The smallest absolute Gasteiger partial charge is 0.191 e. The first-order chi connectivity index (χ1) is 11.7. The average Bonchev–Trinajstić information content (AvgIpc) is 3.06. The van der Waals surface area contributed by atoms with E-state index in [0.29, 0.717) is 18.4 Å². The summed E-state index contributed by atoms with van der Waals surface area (Å²) < 4.78 is 16.6. The van der Waals surface area contributed by atoms with Crippen LogP contribution in [-0.4, -0.2) is 65.2 Å². The molecule has 1 rings (SSSR count). The second-order valence-electron chi connectivity index (χ2n) is 6.64. The number of guanidine groups is 1. The van der Waals surface area contributed by atoms with E-state index in [9.17, 15) is 0 Å². The van der Waals surface area contributed by atoms with E-state index in [-0.39, 0.29) is 0 Å². The molecule has 1 heterocycles. The molecule has 0 aromatic carbocycles. The minimum Gasteiger partial charge on any atom is -0.381 e. The monoisotopic (exact) mass is 343 g/mol. The summed E-state index contributed by atoms with van der Waals surface area (Å²) in [6, 6.07) is 0. The third-order valence-electron chi connectivity index (χ3n) is 3.82. The summed E-state index contributed by atoms with van der Waals surface area (Å²) in [6.07, 6.45) is 3.18. The Labute approximate surface area is 147 Å². The second-order valence-corrected chi connectivity index (χ2v) is 6.64. The van der Waals surface area contributed by atoms with E-state index in [1.54, 1.807) is 0 Å². The molecule has 1 aliphatic heterocycles. The van der Waals surface area contributed by atoms with E-state index in [2.05, 4.69) is 36.4 Å². The predicted molar refractivity (Wildman–Crippen MR) is 98.6 cm³/mol. The van der Waals surface area contributed by atoms with Crippen molar-refractivity contribution in [1.29, 1.82) is 0 Å². The number of aliphatic imine (C=N–C) groups is 1. The van der Waals surface area contributed by atoms with Gasteiger partial charge in [-0.25, -0.2) is 0 Å². The van der Waals surface area contributed by atoms with Gasteiger partial charge in [0.25, 0.3) is 0 Å². The zero-order valence-electron chi connectivity index (χ0n) is 15.8. The Bertz CT molecular complexity index is 319. The molecule has 6 nitrogen and oxygen atoms in total. The van der Waals surface area contributed by atoms with Crippen LogP contribution in [0.1, 0.15) is 40.0 Å². The van der Waals surface area contributed by atoms with Crippen molar-refractivity contribution in [1.82, 2.24) is 10.6 Å². The van der Waals surface area contributed by atoms with E-state index in [4.69, 9.17) is 14.2 Å². The van der Waals surface area contributed by atoms with Crippen LogP contribution in [0.3, 0.4) is 0 Å². The van der Waals surface area contributed by atoms with Crippen LogP contribution in [0.2, 0.25) is 0 Å². The highest BCUT2D eigenvalue weighted by atomic mass is 16.5. The van der Waals surface area contributed by atoms with Crippen LogP contribution in [-0.2, 0) is 14.2 Å². The summed E-state index contributed by atoms with van der Waals surface area (Å²) in [5, 5.41) is 6.55. The van der Waals surface area contributed by atoms with Gasteiger partial charge >= 0.3 is 0 Å². The molecule has 1 aliphatic rings. The van der Waals surface area contributed by atoms with Crippen LogP contribution < -0.4 is 10.6 Å². The highest BCUT2D eigenvalue weighted by Gasteiger charge is 2.15. The van der Waals surface area contributed by atoms with Crippen molar-refractivity contribution in [3.05, 3.63) is 0 Å². The lowest BCUT2D eigenvalue weighted by Gasteiger charge is -2.12. The van der Waals surface area contributed by atoms with Gasteiger partial charge in [-0.15, -0.1) is 0 Å². The summed E-state index contributed by atoms with van der Waals surface area (Å²) in [7, 11) is 0. The highest BCUT2D eigenvalue weighted by molar-refractivity contribution is 5.79. The Morgan fingerprint density at radius 1 is 1.21 bits per heavy atom. The molecule has 142 valence electrons. The summed E-state index contributed by atoms with van der Waals surface area (Å²) in [5.74, 6) is 2.14. The predicted octanol–water partition coefficient (Wildman–Crippen LogP) is 2.05. The largest absolute Gasteiger partial charge is 0.381 e. The maximum absolute atomic E-state index is 5.69. The van der Waals surface area contributed by atoms with Gasteiger partial charge in [-0.1, -0.05) is 13.8 Å². The molecule has 1 atom stereocenters. The van der Waals surface area contributed by atoms with Crippen molar-refractivity contribution < 1.29 is 14.2 Å². The zero-order chi connectivity index (χ0) is 17.5. The van der Waals surface area contributed by atoms with Crippen molar-refractivity contribution in [2.75, 3.05) is 59.3 Å². The standard InChI is InChI=1S/C18H37N3O3/c1-4-19-18(21-9-13-22-11-6-16(2)3)20-8-5-10-23-14-17-7-12-24-15-17/h16-17H,4-15H2,1-3H3,(H2,19,20,21). The molecule has 0 amide bonds. The molecule has 0 saturated carbocycles. The Morgan fingerprint density at radius 2 is 2.08 bits per heavy atom. The number of rotatable bonds is 13. The van der Waals surface area contributed by atoms with Crippen LogP contribution in [0.4, 0.5) is 0 Å². The van der Waals surface area contributed by atoms with Crippen molar-refractivity contribution in [2.45, 2.75) is 40.0 Å². The lowest BCUT2D eigenvalue weighted by atomic mass is 10.1. The fourth-order valence-electron chi connectivity index (χ4n) is 2.33. The lowest BCUT2D eigenvalue weighted by molar-refractivity contribution is 0.0893. The van der Waals surface area contributed by atoms with E-state index in [0.717, 1.165) is 77.9 Å². The van der Waals surface area contributed by atoms with Crippen molar-refractivity contribution >= 4 is 5.96 Å². The zero-order valence-corrected chi connectivity index (χ0v) is 15.8. The minimum atomic E-state index is 0.586. The second kappa shape index (κ2) is 14.5. The molecular weight excluding hydrogens is 306 g/mol. The number of hydrogen-bond acceptors (Lipinski definition) is 4.